The van der Waals surface area contributed by atoms with Gasteiger partial charge in [0.15, 0.2) is 0 Å². The molecule has 1 atom stereocenters. The second kappa shape index (κ2) is 8.17. The monoisotopic (exact) mass is 316 g/mol. The van der Waals surface area contributed by atoms with Gasteiger partial charge in [0.1, 0.15) is 5.75 Å². The first-order valence-electron chi connectivity index (χ1n) is 6.40. The SMILES string of the molecule is COC(=O)CC(CP(=O)(OC)OC)c1ccccc1OC. The first-order chi connectivity index (χ1) is 9.99. The van der Waals surface area contributed by atoms with Crippen LogP contribution in [0.3, 0.4) is 0 Å². The Morgan fingerprint density at radius 2 is 1.76 bits per heavy atom. The van der Waals surface area contributed by atoms with E-state index < -0.39 is 13.6 Å². The van der Waals surface area contributed by atoms with Crippen molar-refractivity contribution in [2.24, 2.45) is 0 Å². The topological polar surface area (TPSA) is 71.1 Å². The molecule has 7 heteroatoms. The van der Waals surface area contributed by atoms with Gasteiger partial charge in [-0.3, -0.25) is 9.36 Å². The lowest BCUT2D eigenvalue weighted by molar-refractivity contribution is -0.140. The molecular formula is C14H21O6P. The predicted molar refractivity (Wildman–Crippen MR) is 78.9 cm³/mol. The van der Waals surface area contributed by atoms with Crippen LogP contribution in [0.2, 0.25) is 0 Å². The van der Waals surface area contributed by atoms with Crippen molar-refractivity contribution in [1.82, 2.24) is 0 Å². The van der Waals surface area contributed by atoms with E-state index in [2.05, 4.69) is 0 Å². The van der Waals surface area contributed by atoms with Crippen LogP contribution >= 0.6 is 7.60 Å². The molecule has 0 N–H and O–H groups in total. The van der Waals surface area contributed by atoms with Gasteiger partial charge in [0.05, 0.1) is 26.8 Å². The number of benzene rings is 1. The maximum Gasteiger partial charge on any atom is 0.330 e. The van der Waals surface area contributed by atoms with Gasteiger partial charge in [-0.1, -0.05) is 18.2 Å². The number of esters is 1. The maximum absolute atomic E-state index is 12.4. The van der Waals surface area contributed by atoms with Crippen LogP contribution in [-0.2, 0) is 23.1 Å². The van der Waals surface area contributed by atoms with Crippen LogP contribution in [0.1, 0.15) is 17.9 Å². The van der Waals surface area contributed by atoms with Crippen molar-refractivity contribution in [3.8, 4) is 5.75 Å². The summed E-state index contributed by atoms with van der Waals surface area (Å²) in [6.07, 6.45) is 0.128. The Hall–Kier alpha value is -1.36. The van der Waals surface area contributed by atoms with Crippen LogP contribution in [-0.4, -0.2) is 40.6 Å². The highest BCUT2D eigenvalue weighted by Crippen LogP contribution is 2.51. The third kappa shape index (κ3) is 4.84. The number of carbonyl (C=O) groups is 1. The molecule has 21 heavy (non-hydrogen) atoms. The lowest BCUT2D eigenvalue weighted by Gasteiger charge is -2.22. The van der Waals surface area contributed by atoms with E-state index in [0.717, 1.165) is 5.56 Å². The summed E-state index contributed by atoms with van der Waals surface area (Å²) in [5.41, 5.74) is 0.764. The highest BCUT2D eigenvalue weighted by molar-refractivity contribution is 7.53. The molecule has 1 rings (SSSR count). The minimum absolute atomic E-state index is 0.0631. The molecule has 0 saturated carbocycles. The molecule has 0 fully saturated rings. The molecular weight excluding hydrogens is 295 g/mol. The fourth-order valence-corrected chi connectivity index (χ4v) is 3.37. The van der Waals surface area contributed by atoms with E-state index in [9.17, 15) is 9.36 Å². The van der Waals surface area contributed by atoms with Crippen LogP contribution in [0.25, 0.3) is 0 Å². The number of methoxy groups -OCH3 is 2. The van der Waals surface area contributed by atoms with Crippen LogP contribution in [0.15, 0.2) is 24.3 Å². The van der Waals surface area contributed by atoms with E-state index >= 15 is 0 Å². The lowest BCUT2D eigenvalue weighted by atomic mass is 9.96. The first-order valence-corrected chi connectivity index (χ1v) is 8.12. The zero-order valence-electron chi connectivity index (χ0n) is 12.7. The van der Waals surface area contributed by atoms with Crippen molar-refractivity contribution in [1.29, 1.82) is 0 Å². The molecule has 0 amide bonds. The normalized spacial score (nSPS) is 12.8. The molecule has 1 aromatic rings. The van der Waals surface area contributed by atoms with E-state index in [1.165, 1.54) is 21.3 Å². The van der Waals surface area contributed by atoms with Crippen molar-refractivity contribution in [3.63, 3.8) is 0 Å². The molecule has 0 saturated heterocycles. The van der Waals surface area contributed by atoms with Crippen LogP contribution in [0, 0.1) is 0 Å². The van der Waals surface area contributed by atoms with Gasteiger partial charge < -0.3 is 18.5 Å². The molecule has 0 aromatic heterocycles. The van der Waals surface area contributed by atoms with Gasteiger partial charge in [0.25, 0.3) is 0 Å². The molecule has 0 aliphatic carbocycles. The summed E-state index contributed by atoms with van der Waals surface area (Å²) in [6, 6.07) is 7.25. The summed E-state index contributed by atoms with van der Waals surface area (Å²) >= 11 is 0. The van der Waals surface area contributed by atoms with Gasteiger partial charge in [-0.2, -0.15) is 0 Å². The molecule has 1 aromatic carbocycles. The Bertz CT molecular complexity index is 508. The molecule has 118 valence electrons. The zero-order valence-corrected chi connectivity index (χ0v) is 13.6. The maximum atomic E-state index is 12.4. The predicted octanol–water partition coefficient (Wildman–Crippen LogP) is 2.83. The highest BCUT2D eigenvalue weighted by atomic mass is 31.2. The summed E-state index contributed by atoms with van der Waals surface area (Å²) in [6.45, 7) is 0. The second-order valence-electron chi connectivity index (χ2n) is 4.38. The standard InChI is InChI=1S/C14H21O6P/c1-17-13-8-6-5-7-12(13)11(9-14(15)18-2)10-21(16,19-3)20-4/h5-8,11H,9-10H2,1-4H3. The van der Waals surface area contributed by atoms with Gasteiger partial charge >= 0.3 is 13.6 Å². The fourth-order valence-electron chi connectivity index (χ4n) is 2.05. The molecule has 0 aliphatic heterocycles. The molecule has 0 radical (unpaired) electrons. The molecule has 0 heterocycles. The van der Waals surface area contributed by atoms with Crippen LogP contribution in [0.5, 0.6) is 5.75 Å². The Kier molecular flexibility index (Phi) is 6.89. The highest BCUT2D eigenvalue weighted by Gasteiger charge is 2.31. The molecule has 0 aliphatic rings. The fraction of sp³-hybridized carbons (Fsp3) is 0.500. The Labute approximate surface area is 124 Å². The van der Waals surface area contributed by atoms with Crippen molar-refractivity contribution < 1.29 is 27.9 Å². The number of hydrogen-bond acceptors (Lipinski definition) is 6. The zero-order chi connectivity index (χ0) is 15.9. The van der Waals surface area contributed by atoms with Crippen LogP contribution in [0.4, 0.5) is 0 Å². The Balaban J connectivity index is 3.13. The summed E-state index contributed by atoms with van der Waals surface area (Å²) in [7, 11) is 2.23. The van der Waals surface area contributed by atoms with E-state index in [4.69, 9.17) is 18.5 Å². The molecule has 0 spiro atoms. The minimum Gasteiger partial charge on any atom is -0.496 e. The number of carbonyl (C=O) groups excluding carboxylic acids is 1. The van der Waals surface area contributed by atoms with Crippen molar-refractivity contribution >= 4 is 13.6 Å². The van der Waals surface area contributed by atoms with Crippen molar-refractivity contribution in [2.75, 3.05) is 34.6 Å². The summed E-state index contributed by atoms with van der Waals surface area (Å²) < 4.78 is 32.3. The largest absolute Gasteiger partial charge is 0.496 e. The average Bonchev–Trinajstić information content (AvgIpc) is 2.53. The third-order valence-electron chi connectivity index (χ3n) is 3.22. The van der Waals surface area contributed by atoms with Gasteiger partial charge in [0, 0.05) is 20.1 Å². The second-order valence-corrected chi connectivity index (χ2v) is 6.70. The molecule has 1 unspecified atom stereocenters. The number of ether oxygens (including phenoxy) is 2. The van der Waals surface area contributed by atoms with Gasteiger partial charge in [0.2, 0.25) is 0 Å². The minimum atomic E-state index is -3.26. The lowest BCUT2D eigenvalue weighted by Crippen LogP contribution is -2.14. The quantitative estimate of drug-likeness (QED) is 0.542. The molecule has 6 nitrogen and oxygen atoms in total. The Morgan fingerprint density at radius 3 is 2.29 bits per heavy atom. The van der Waals surface area contributed by atoms with Gasteiger partial charge in [-0.25, -0.2) is 0 Å². The number of rotatable bonds is 8. The van der Waals surface area contributed by atoms with Crippen molar-refractivity contribution in [2.45, 2.75) is 12.3 Å². The summed E-state index contributed by atoms with van der Waals surface area (Å²) in [5, 5.41) is 0. The third-order valence-corrected chi connectivity index (χ3v) is 5.22. The summed E-state index contributed by atoms with van der Waals surface area (Å²) in [4.78, 5) is 11.6. The first kappa shape index (κ1) is 17.7. The smallest absolute Gasteiger partial charge is 0.330 e. The Morgan fingerprint density at radius 1 is 1.14 bits per heavy atom. The van der Waals surface area contributed by atoms with E-state index in [-0.39, 0.29) is 18.5 Å². The van der Waals surface area contributed by atoms with E-state index in [0.29, 0.717) is 5.75 Å². The summed E-state index contributed by atoms with van der Waals surface area (Å²) in [5.74, 6) is -0.172. The average molecular weight is 316 g/mol. The van der Waals surface area contributed by atoms with Gasteiger partial charge in [-0.15, -0.1) is 0 Å². The molecule has 0 bridgehead atoms. The van der Waals surface area contributed by atoms with Crippen LogP contribution < -0.4 is 4.74 Å². The number of para-hydroxylation sites is 1. The number of hydrogen-bond donors (Lipinski definition) is 0. The van der Waals surface area contributed by atoms with Crippen molar-refractivity contribution in [3.05, 3.63) is 29.8 Å². The van der Waals surface area contributed by atoms with E-state index in [1.54, 1.807) is 13.2 Å². The van der Waals surface area contributed by atoms with E-state index in [1.807, 2.05) is 18.2 Å². The van der Waals surface area contributed by atoms with Gasteiger partial charge in [-0.05, 0) is 11.6 Å².